The molecule has 7 nitrogen and oxygen atoms in total. The van der Waals surface area contributed by atoms with Gasteiger partial charge in [-0.3, -0.25) is 4.79 Å². The van der Waals surface area contributed by atoms with Crippen LogP contribution in [0, 0.1) is 11.3 Å². The lowest BCUT2D eigenvalue weighted by molar-refractivity contribution is -0.274. The molecule has 1 amide bonds. The molecule has 1 aliphatic rings. The van der Waals surface area contributed by atoms with Crippen molar-refractivity contribution in [1.82, 2.24) is 5.32 Å². The first-order chi connectivity index (χ1) is 19.5. The van der Waals surface area contributed by atoms with E-state index < -0.39 is 16.2 Å². The Labute approximate surface area is 236 Å². The number of nitrogens with one attached hydrogen (secondary N) is 2. The van der Waals surface area contributed by atoms with E-state index >= 15 is 0 Å². The minimum absolute atomic E-state index is 0.0100. The van der Waals surface area contributed by atoms with Gasteiger partial charge in [-0.1, -0.05) is 55.5 Å². The Bertz CT molecular complexity index is 1580. The summed E-state index contributed by atoms with van der Waals surface area (Å²) in [4.78, 5) is 13.0. The van der Waals surface area contributed by atoms with Gasteiger partial charge in [-0.2, -0.15) is 5.26 Å². The van der Waals surface area contributed by atoms with Crippen LogP contribution >= 0.6 is 0 Å². The zero-order valence-electron chi connectivity index (χ0n) is 22.3. The number of para-hydroxylation sites is 1. The molecule has 0 saturated heterocycles. The summed E-state index contributed by atoms with van der Waals surface area (Å²) in [5, 5.41) is 13.3. The minimum Gasteiger partial charge on any atom is -0.405 e. The average molecular weight is 584 g/mol. The number of anilines is 1. The van der Waals surface area contributed by atoms with Crippen molar-refractivity contribution in [2.45, 2.75) is 37.6 Å². The predicted molar refractivity (Wildman–Crippen MR) is 151 cm³/mol. The summed E-state index contributed by atoms with van der Waals surface area (Å²) in [5.74, 6) is -0.678. The third-order valence-electron chi connectivity index (χ3n) is 5.89. The Kier molecular flexibility index (Phi) is 10.3. The van der Waals surface area contributed by atoms with Crippen molar-refractivity contribution in [1.29, 1.82) is 5.26 Å². The summed E-state index contributed by atoms with van der Waals surface area (Å²) < 4.78 is 67.4. The topological polar surface area (TPSA) is 108 Å². The number of dihydropyridines is 1. The van der Waals surface area contributed by atoms with Crippen molar-refractivity contribution >= 4 is 21.4 Å². The van der Waals surface area contributed by atoms with E-state index in [0.29, 0.717) is 22.4 Å². The highest BCUT2D eigenvalue weighted by Gasteiger charge is 2.32. The molecule has 41 heavy (non-hydrogen) atoms. The molecule has 3 aromatic carbocycles. The number of carbonyl (C=O) groups is 1. The third-order valence-corrected chi connectivity index (χ3v) is 7.64. The van der Waals surface area contributed by atoms with E-state index in [-0.39, 0.29) is 40.3 Å². The summed E-state index contributed by atoms with van der Waals surface area (Å²) in [6.07, 6.45) is 2.34. The van der Waals surface area contributed by atoms with Crippen LogP contribution in [0.3, 0.4) is 0 Å². The zero-order valence-corrected chi connectivity index (χ0v) is 23.1. The first-order valence-electron chi connectivity index (χ1n) is 12.5. The Hall–Kier alpha value is -4.56. The molecule has 1 unspecified atom stereocenters. The largest absolute Gasteiger partial charge is 0.573 e. The van der Waals surface area contributed by atoms with E-state index in [9.17, 15) is 26.4 Å². The number of nitriles is 1. The normalized spacial score (nSPS) is 14.2. The van der Waals surface area contributed by atoms with Crippen LogP contribution in [-0.2, 0) is 21.1 Å². The Morgan fingerprint density at radius 2 is 1.73 bits per heavy atom. The van der Waals surface area contributed by atoms with Gasteiger partial charge in [0.2, 0.25) is 5.91 Å². The number of hydrogen-bond donors (Lipinski definition) is 2. The van der Waals surface area contributed by atoms with Crippen LogP contribution in [0.25, 0.3) is 11.1 Å². The summed E-state index contributed by atoms with van der Waals surface area (Å²) in [5.41, 5.74) is 2.49. The molecule has 0 bridgehead atoms. The molecule has 0 fully saturated rings. The third kappa shape index (κ3) is 8.71. The summed E-state index contributed by atoms with van der Waals surface area (Å²) in [6.45, 7) is 2.99. The summed E-state index contributed by atoms with van der Waals surface area (Å²) in [7, 11) is -3.34. The molecule has 0 saturated carbocycles. The first-order valence-corrected chi connectivity index (χ1v) is 14.1. The minimum atomic E-state index is -4.85. The molecule has 0 radical (unpaired) electrons. The number of rotatable bonds is 8. The van der Waals surface area contributed by atoms with Crippen molar-refractivity contribution in [3.63, 3.8) is 0 Å². The molecule has 0 aliphatic carbocycles. The van der Waals surface area contributed by atoms with Crippen LogP contribution in [0.1, 0.15) is 31.0 Å². The van der Waals surface area contributed by atoms with Gasteiger partial charge >= 0.3 is 6.36 Å². The van der Waals surface area contributed by atoms with Gasteiger partial charge in [0.25, 0.3) is 0 Å². The van der Waals surface area contributed by atoms with Gasteiger partial charge in [0.05, 0.1) is 29.2 Å². The molecule has 3 aromatic rings. The molecular weight excluding hydrogens is 555 g/mol. The van der Waals surface area contributed by atoms with Gasteiger partial charge in [-0.15, -0.1) is 13.2 Å². The molecule has 1 atom stereocenters. The van der Waals surface area contributed by atoms with Gasteiger partial charge in [0.15, 0.2) is 9.84 Å². The van der Waals surface area contributed by atoms with Crippen LogP contribution in [-0.4, -0.2) is 26.4 Å². The van der Waals surface area contributed by atoms with E-state index in [2.05, 4.69) is 15.4 Å². The molecule has 1 heterocycles. The zero-order chi connectivity index (χ0) is 30.0. The monoisotopic (exact) mass is 583 g/mol. The summed E-state index contributed by atoms with van der Waals surface area (Å²) >= 11 is 0. The highest BCUT2D eigenvalue weighted by molar-refractivity contribution is 7.91. The number of amides is 1. The Balaban J connectivity index is 0.00000147. The Morgan fingerprint density at radius 1 is 1.05 bits per heavy atom. The predicted octanol–water partition coefficient (Wildman–Crippen LogP) is 6.47. The second-order valence-corrected chi connectivity index (χ2v) is 11.0. The number of halogens is 3. The number of hydrogen-bond acceptors (Lipinski definition) is 6. The lowest BCUT2D eigenvalue weighted by Gasteiger charge is -2.22. The molecule has 11 heteroatoms. The van der Waals surface area contributed by atoms with Crippen LogP contribution in [0.5, 0.6) is 5.75 Å². The fourth-order valence-electron chi connectivity index (χ4n) is 4.06. The van der Waals surface area contributed by atoms with Crippen molar-refractivity contribution in [2.75, 3.05) is 11.1 Å². The molecule has 0 aromatic heterocycles. The van der Waals surface area contributed by atoms with Crippen molar-refractivity contribution in [3.8, 4) is 22.9 Å². The lowest BCUT2D eigenvalue weighted by Crippen LogP contribution is -2.19. The van der Waals surface area contributed by atoms with Crippen LogP contribution < -0.4 is 15.4 Å². The maximum absolute atomic E-state index is 13.0. The maximum Gasteiger partial charge on any atom is 0.573 e. The van der Waals surface area contributed by atoms with E-state index in [4.69, 9.17) is 5.26 Å². The number of sulfone groups is 1. The number of alkyl halides is 3. The van der Waals surface area contributed by atoms with E-state index in [1.807, 2.05) is 12.2 Å². The molecule has 214 valence electrons. The smallest absolute Gasteiger partial charge is 0.405 e. The lowest BCUT2D eigenvalue weighted by atomic mass is 9.92. The number of allylic oxidation sites excluding steroid dienone is 2. The molecule has 0 spiro atoms. The van der Waals surface area contributed by atoms with Gasteiger partial charge in [-0.25, -0.2) is 8.42 Å². The van der Waals surface area contributed by atoms with Gasteiger partial charge < -0.3 is 15.4 Å². The quantitative estimate of drug-likeness (QED) is 0.315. The second kappa shape index (κ2) is 13.7. The highest BCUT2D eigenvalue weighted by Crippen LogP contribution is 2.39. The fourth-order valence-corrected chi connectivity index (χ4v) is 4.94. The van der Waals surface area contributed by atoms with Gasteiger partial charge in [0.1, 0.15) is 5.75 Å². The molecule has 2 N–H and O–H groups in total. The average Bonchev–Trinajstić information content (AvgIpc) is 2.94. The standard InChI is InChI=1S/C28H25F3N2O4S.C2H3N/c1-2-38(35,36)21-13-10-19(11-14-21)17-27(34)33-20-12-15-22(24(18-20)25-8-5-6-16-32-25)23-7-3-4-9-26(23)37-28(29,30)31;1-2-3/h3-16,18,25,32H,2,17H2,1H3,(H,33,34);1H3. The molecule has 4 rings (SSSR count). The molecule has 1 aliphatic heterocycles. The van der Waals surface area contributed by atoms with Crippen molar-refractivity contribution in [3.05, 3.63) is 102 Å². The van der Waals surface area contributed by atoms with E-state index in [1.54, 1.807) is 67.7 Å². The SMILES string of the molecule is CC#N.CCS(=O)(=O)c1ccc(CC(=O)Nc2ccc(-c3ccccc3OC(F)(F)F)c(C3C=CC=CN3)c2)cc1. The van der Waals surface area contributed by atoms with Crippen LogP contribution in [0.15, 0.2) is 96.1 Å². The first kappa shape index (κ1) is 31.0. The number of ether oxygens (including phenoxy) is 1. The van der Waals surface area contributed by atoms with Crippen molar-refractivity contribution < 1.29 is 31.1 Å². The number of benzene rings is 3. The highest BCUT2D eigenvalue weighted by atomic mass is 32.2. The Morgan fingerprint density at radius 3 is 2.34 bits per heavy atom. The number of nitrogens with zero attached hydrogens (tertiary/aromatic N) is 1. The number of carbonyl (C=O) groups excluding carboxylic acids is 1. The molecular formula is C30H28F3N3O4S. The van der Waals surface area contributed by atoms with Crippen molar-refractivity contribution in [2.24, 2.45) is 0 Å². The fraction of sp³-hybridized carbons (Fsp3) is 0.200. The van der Waals surface area contributed by atoms with Crippen LogP contribution in [0.4, 0.5) is 18.9 Å². The van der Waals surface area contributed by atoms with Gasteiger partial charge in [-0.05, 0) is 59.3 Å². The van der Waals surface area contributed by atoms with Gasteiger partial charge in [0, 0.05) is 18.2 Å². The van der Waals surface area contributed by atoms with E-state index in [1.165, 1.54) is 31.2 Å². The summed E-state index contributed by atoms with van der Waals surface area (Å²) in [6, 6.07) is 18.4. The van der Waals surface area contributed by atoms with Crippen LogP contribution in [0.2, 0.25) is 0 Å². The second-order valence-electron chi connectivity index (χ2n) is 8.73. The van der Waals surface area contributed by atoms with E-state index in [0.717, 1.165) is 0 Å². The maximum atomic E-state index is 13.0.